The van der Waals surface area contributed by atoms with Crippen LogP contribution in [0.25, 0.3) is 0 Å². The molecule has 0 saturated heterocycles. The second kappa shape index (κ2) is 11.8. The normalized spacial score (nSPS) is 11.9. The zero-order valence-electron chi connectivity index (χ0n) is 20.7. The molecular formula is C29H29O6P. The standard InChI is InChI=1S/C29H29O6P/c1-20(30)25(21(2)31)26(28(32)34-3)27(29(33)35-4)36(22-14-8-5-9-15-22,23-16-10-6-11-17-23)24-18-12-7-13-19-24/h5-19,25-26H,1-4H3. The third-order valence-corrected chi connectivity index (χ3v) is 10.5. The lowest BCUT2D eigenvalue weighted by Crippen LogP contribution is -2.46. The molecule has 0 spiro atoms. The molecule has 186 valence electrons. The van der Waals surface area contributed by atoms with Gasteiger partial charge in [0.1, 0.15) is 17.5 Å². The fourth-order valence-corrected chi connectivity index (χ4v) is 9.31. The number of ether oxygens (including phenoxy) is 2. The molecule has 0 bridgehead atoms. The number of methoxy groups -OCH3 is 2. The van der Waals surface area contributed by atoms with Gasteiger partial charge in [0.05, 0.1) is 25.4 Å². The van der Waals surface area contributed by atoms with Crippen LogP contribution < -0.4 is 15.9 Å². The minimum absolute atomic E-state index is 0.0378. The van der Waals surface area contributed by atoms with Gasteiger partial charge in [-0.05, 0) is 36.6 Å². The molecule has 3 rings (SSSR count). The molecule has 0 aliphatic rings. The van der Waals surface area contributed by atoms with Crippen LogP contribution in [0.2, 0.25) is 0 Å². The van der Waals surface area contributed by atoms with Crippen molar-refractivity contribution >= 4 is 51.6 Å². The van der Waals surface area contributed by atoms with E-state index in [9.17, 15) is 19.2 Å². The van der Waals surface area contributed by atoms with E-state index in [1.807, 2.05) is 91.0 Å². The van der Waals surface area contributed by atoms with Crippen LogP contribution in [0, 0.1) is 11.8 Å². The van der Waals surface area contributed by atoms with Crippen molar-refractivity contribution in [3.63, 3.8) is 0 Å². The van der Waals surface area contributed by atoms with Crippen molar-refractivity contribution in [1.82, 2.24) is 0 Å². The number of hydrogen-bond acceptors (Lipinski definition) is 6. The van der Waals surface area contributed by atoms with Crippen molar-refractivity contribution < 1.29 is 28.7 Å². The van der Waals surface area contributed by atoms with E-state index >= 15 is 0 Å². The lowest BCUT2D eigenvalue weighted by molar-refractivity contribution is -0.150. The number of Topliss-reactive ketones (excluding diaryl/α,β-unsaturated/α-hetero) is 2. The van der Waals surface area contributed by atoms with Crippen LogP contribution in [-0.2, 0) is 28.7 Å². The van der Waals surface area contributed by atoms with Crippen molar-refractivity contribution in [3.05, 3.63) is 91.0 Å². The van der Waals surface area contributed by atoms with Gasteiger partial charge < -0.3 is 9.47 Å². The third kappa shape index (κ3) is 4.95. The van der Waals surface area contributed by atoms with Gasteiger partial charge >= 0.3 is 11.9 Å². The van der Waals surface area contributed by atoms with Gasteiger partial charge in [-0.25, -0.2) is 4.79 Å². The highest BCUT2D eigenvalue weighted by Gasteiger charge is 2.47. The van der Waals surface area contributed by atoms with Gasteiger partial charge in [-0.2, -0.15) is 0 Å². The Kier molecular flexibility index (Phi) is 8.78. The van der Waals surface area contributed by atoms with Crippen molar-refractivity contribution in [2.24, 2.45) is 11.8 Å². The van der Waals surface area contributed by atoms with E-state index in [1.165, 1.54) is 28.1 Å². The fraction of sp³-hybridized carbons (Fsp3) is 0.207. The first kappa shape index (κ1) is 26.8. The first-order chi connectivity index (χ1) is 17.3. The summed E-state index contributed by atoms with van der Waals surface area (Å²) < 4.78 is 10.4. The maximum absolute atomic E-state index is 13.8. The summed E-state index contributed by atoms with van der Waals surface area (Å²) in [5.41, 5.74) is 0. The SMILES string of the molecule is COC(=O)C(C(C(=O)OC)C(C(C)=O)C(C)=O)=P(c1ccccc1)(c1ccccc1)c1ccccc1. The molecular weight excluding hydrogens is 475 g/mol. The van der Waals surface area contributed by atoms with Crippen LogP contribution in [0.1, 0.15) is 13.8 Å². The summed E-state index contributed by atoms with van der Waals surface area (Å²) in [6, 6.07) is 28.0. The number of benzene rings is 3. The summed E-state index contributed by atoms with van der Waals surface area (Å²) in [7, 11) is 2.40. The Balaban J connectivity index is 2.75. The molecule has 0 heterocycles. The van der Waals surface area contributed by atoms with Gasteiger partial charge in [-0.15, -0.1) is 0 Å². The van der Waals surface area contributed by atoms with Gasteiger partial charge in [-0.1, -0.05) is 91.0 Å². The molecule has 6 nitrogen and oxygen atoms in total. The van der Waals surface area contributed by atoms with Gasteiger partial charge in [0.15, 0.2) is 0 Å². The highest BCUT2D eigenvalue weighted by Crippen LogP contribution is 2.49. The molecule has 0 saturated carbocycles. The van der Waals surface area contributed by atoms with Gasteiger partial charge in [0, 0.05) is 0 Å². The van der Waals surface area contributed by atoms with Gasteiger partial charge in [0.2, 0.25) is 0 Å². The number of esters is 2. The van der Waals surface area contributed by atoms with Crippen molar-refractivity contribution in [2.75, 3.05) is 14.2 Å². The van der Waals surface area contributed by atoms with E-state index in [1.54, 1.807) is 0 Å². The number of hydrogen-bond donors (Lipinski definition) is 0. The van der Waals surface area contributed by atoms with E-state index in [-0.39, 0.29) is 5.29 Å². The molecule has 7 heteroatoms. The number of rotatable bonds is 9. The molecule has 0 aliphatic carbocycles. The molecule has 36 heavy (non-hydrogen) atoms. The van der Waals surface area contributed by atoms with E-state index in [2.05, 4.69) is 0 Å². The van der Waals surface area contributed by atoms with Gasteiger partial charge in [0.25, 0.3) is 0 Å². The predicted molar refractivity (Wildman–Crippen MR) is 143 cm³/mol. The maximum Gasteiger partial charge on any atom is 0.335 e. The summed E-state index contributed by atoms with van der Waals surface area (Å²) in [6.07, 6.45) is 0. The summed E-state index contributed by atoms with van der Waals surface area (Å²) in [5, 5.41) is 2.34. The Bertz CT molecular complexity index is 1180. The predicted octanol–water partition coefficient (Wildman–Crippen LogP) is 2.91. The van der Waals surface area contributed by atoms with Crippen LogP contribution in [0.15, 0.2) is 91.0 Å². The van der Waals surface area contributed by atoms with Crippen LogP contribution >= 0.6 is 6.89 Å². The van der Waals surface area contributed by atoms with Crippen LogP contribution in [0.5, 0.6) is 0 Å². The smallest absolute Gasteiger partial charge is 0.335 e. The van der Waals surface area contributed by atoms with Gasteiger partial charge in [-0.3, -0.25) is 14.4 Å². The zero-order chi connectivity index (χ0) is 26.3. The van der Waals surface area contributed by atoms with E-state index in [0.717, 1.165) is 15.9 Å². The van der Waals surface area contributed by atoms with E-state index in [0.29, 0.717) is 0 Å². The Morgan fingerprint density at radius 3 is 1.22 bits per heavy atom. The van der Waals surface area contributed by atoms with E-state index in [4.69, 9.17) is 9.47 Å². The summed E-state index contributed by atoms with van der Waals surface area (Å²) in [6.45, 7) is -0.674. The Hall–Kier alpha value is -3.76. The molecule has 0 aromatic heterocycles. The summed E-state index contributed by atoms with van der Waals surface area (Å²) in [4.78, 5) is 52.9. The van der Waals surface area contributed by atoms with Crippen LogP contribution in [-0.4, -0.2) is 43.0 Å². The largest absolute Gasteiger partial charge is 0.469 e. The monoisotopic (exact) mass is 504 g/mol. The minimum atomic E-state index is -3.16. The molecule has 0 N–H and O–H groups in total. The first-order valence-electron chi connectivity index (χ1n) is 11.4. The Labute approximate surface area is 211 Å². The maximum atomic E-state index is 13.8. The first-order valence-corrected chi connectivity index (χ1v) is 13.2. The second-order valence-electron chi connectivity index (χ2n) is 8.25. The minimum Gasteiger partial charge on any atom is -0.469 e. The topological polar surface area (TPSA) is 86.7 Å². The van der Waals surface area contributed by atoms with Crippen molar-refractivity contribution in [1.29, 1.82) is 0 Å². The third-order valence-electron chi connectivity index (χ3n) is 6.15. The second-order valence-corrected chi connectivity index (χ2v) is 11.6. The number of carbonyl (C=O) groups is 4. The highest BCUT2D eigenvalue weighted by atomic mass is 31.2. The number of carbonyl (C=O) groups excluding carboxylic acids is 4. The Morgan fingerprint density at radius 1 is 0.583 bits per heavy atom. The molecule has 3 aromatic carbocycles. The molecule has 1 atom stereocenters. The quantitative estimate of drug-likeness (QED) is 0.253. The van der Waals surface area contributed by atoms with Crippen LogP contribution in [0.4, 0.5) is 0 Å². The van der Waals surface area contributed by atoms with Crippen molar-refractivity contribution in [2.45, 2.75) is 13.8 Å². The lowest BCUT2D eigenvalue weighted by Gasteiger charge is -2.35. The van der Waals surface area contributed by atoms with Crippen LogP contribution in [0.3, 0.4) is 0 Å². The molecule has 3 aromatic rings. The average Bonchev–Trinajstić information content (AvgIpc) is 2.90. The molecule has 0 amide bonds. The molecule has 0 aliphatic heterocycles. The van der Waals surface area contributed by atoms with Crippen molar-refractivity contribution in [3.8, 4) is 0 Å². The summed E-state index contributed by atoms with van der Waals surface area (Å²) in [5.74, 6) is -5.59. The number of ketones is 2. The fourth-order valence-electron chi connectivity index (χ4n) is 4.68. The molecule has 0 fully saturated rings. The Morgan fingerprint density at radius 2 is 0.944 bits per heavy atom. The van der Waals surface area contributed by atoms with E-state index < -0.39 is 42.2 Å². The highest BCUT2D eigenvalue weighted by molar-refractivity contribution is 7.96. The zero-order valence-corrected chi connectivity index (χ0v) is 21.6. The molecule has 0 radical (unpaired) electrons. The average molecular weight is 505 g/mol. The molecule has 1 unspecified atom stereocenters. The lowest BCUT2D eigenvalue weighted by atomic mass is 9.83. The summed E-state index contributed by atoms with van der Waals surface area (Å²) >= 11 is 0.